The van der Waals surface area contributed by atoms with Gasteiger partial charge < -0.3 is 5.32 Å². The number of hydrogen-bond donors (Lipinski definition) is 1. The lowest BCUT2D eigenvalue weighted by Crippen LogP contribution is -2.47. The Morgan fingerprint density at radius 2 is 2.07 bits per heavy atom. The summed E-state index contributed by atoms with van der Waals surface area (Å²) in [5.74, 6) is -2.16. The van der Waals surface area contributed by atoms with Gasteiger partial charge in [-0.25, -0.2) is 13.9 Å². The highest BCUT2D eigenvalue weighted by molar-refractivity contribution is 5.93. The van der Waals surface area contributed by atoms with Gasteiger partial charge >= 0.3 is 6.18 Å². The number of benzene rings is 1. The van der Waals surface area contributed by atoms with Crippen LogP contribution in [0.3, 0.4) is 0 Å². The summed E-state index contributed by atoms with van der Waals surface area (Å²) in [6, 6.07) is 5.18. The van der Waals surface area contributed by atoms with E-state index in [0.717, 1.165) is 16.8 Å². The quantitative estimate of drug-likeness (QED) is 0.655. The first-order chi connectivity index (χ1) is 14.2. The summed E-state index contributed by atoms with van der Waals surface area (Å²) >= 11 is 0. The first-order valence-electron chi connectivity index (χ1n) is 9.12. The molecule has 1 aliphatic carbocycles. The molecule has 3 aromatic rings. The smallest absolute Gasteiger partial charge is 0.339 e. The van der Waals surface area contributed by atoms with Crippen LogP contribution in [0.15, 0.2) is 30.5 Å². The van der Waals surface area contributed by atoms with E-state index in [-0.39, 0.29) is 17.0 Å². The summed E-state index contributed by atoms with van der Waals surface area (Å²) in [6.07, 6.45) is -2.59. The SMILES string of the molecule is Cc1cc(-c2ccc(F)cc2C#N)nn2c(C(=O)N[C@@H](C3CC3)C(F)(F)F)cnc12. The minimum Gasteiger partial charge on any atom is -0.339 e. The molecule has 4 rings (SSSR count). The Kier molecular flexibility index (Phi) is 4.68. The predicted molar refractivity (Wildman–Crippen MR) is 97.9 cm³/mol. The van der Waals surface area contributed by atoms with Crippen molar-refractivity contribution >= 4 is 11.6 Å². The molecular weight excluding hydrogens is 402 g/mol. The van der Waals surface area contributed by atoms with Crippen molar-refractivity contribution < 1.29 is 22.4 Å². The van der Waals surface area contributed by atoms with E-state index in [9.17, 15) is 27.6 Å². The molecule has 1 atom stereocenters. The highest BCUT2D eigenvalue weighted by Crippen LogP contribution is 2.40. The second-order valence-electron chi connectivity index (χ2n) is 7.22. The third-order valence-corrected chi connectivity index (χ3v) is 4.99. The average Bonchev–Trinajstić information content (AvgIpc) is 3.42. The highest BCUT2D eigenvalue weighted by atomic mass is 19.4. The maximum Gasteiger partial charge on any atom is 0.408 e. The van der Waals surface area contributed by atoms with E-state index in [0.29, 0.717) is 29.6 Å². The number of nitrogens with one attached hydrogen (secondary N) is 1. The first kappa shape index (κ1) is 19.8. The third-order valence-electron chi connectivity index (χ3n) is 4.99. The molecule has 1 aliphatic rings. The second kappa shape index (κ2) is 7.09. The largest absolute Gasteiger partial charge is 0.408 e. The molecule has 6 nitrogen and oxygen atoms in total. The van der Waals surface area contributed by atoms with Crippen LogP contribution < -0.4 is 5.32 Å². The van der Waals surface area contributed by atoms with Crippen LogP contribution in [0.4, 0.5) is 17.6 Å². The van der Waals surface area contributed by atoms with Gasteiger partial charge in [0, 0.05) is 5.56 Å². The normalized spacial score (nSPS) is 15.1. The molecule has 0 saturated heterocycles. The molecule has 1 saturated carbocycles. The number of imidazole rings is 1. The number of nitriles is 1. The third kappa shape index (κ3) is 3.58. The predicted octanol–water partition coefficient (Wildman–Crippen LogP) is 3.79. The van der Waals surface area contributed by atoms with E-state index in [2.05, 4.69) is 15.4 Å². The van der Waals surface area contributed by atoms with Crippen LogP contribution in [0.5, 0.6) is 0 Å². The molecule has 0 radical (unpaired) electrons. The topological polar surface area (TPSA) is 83.1 Å². The number of alkyl halides is 3. The van der Waals surface area contributed by atoms with Crippen LogP contribution in [0.1, 0.15) is 34.5 Å². The fourth-order valence-corrected chi connectivity index (χ4v) is 3.35. The van der Waals surface area contributed by atoms with E-state index in [1.165, 1.54) is 12.1 Å². The molecular formula is C20H15F4N5O. The van der Waals surface area contributed by atoms with E-state index < -0.39 is 29.9 Å². The number of carbonyl (C=O) groups excluding carboxylic acids is 1. The molecule has 0 unspecified atom stereocenters. The van der Waals surface area contributed by atoms with Gasteiger partial charge in [0.25, 0.3) is 5.91 Å². The van der Waals surface area contributed by atoms with E-state index in [1.807, 2.05) is 6.07 Å². The maximum atomic E-state index is 13.5. The molecule has 30 heavy (non-hydrogen) atoms. The second-order valence-corrected chi connectivity index (χ2v) is 7.22. The highest BCUT2D eigenvalue weighted by Gasteiger charge is 2.49. The molecule has 0 aliphatic heterocycles. The Balaban J connectivity index is 1.76. The summed E-state index contributed by atoms with van der Waals surface area (Å²) in [5.41, 5.74) is 1.35. The number of fused-ring (bicyclic) bond motifs is 1. The molecule has 0 bridgehead atoms. The van der Waals surface area contributed by atoms with Crippen LogP contribution in [-0.4, -0.2) is 32.7 Å². The van der Waals surface area contributed by atoms with Gasteiger partial charge in [-0.2, -0.15) is 23.5 Å². The van der Waals surface area contributed by atoms with Crippen molar-refractivity contribution in [2.45, 2.75) is 32.0 Å². The molecule has 1 fully saturated rings. The van der Waals surface area contributed by atoms with E-state index in [1.54, 1.807) is 13.0 Å². The molecule has 0 spiro atoms. The van der Waals surface area contributed by atoms with Gasteiger partial charge in [0.2, 0.25) is 0 Å². The molecule has 2 heterocycles. The number of aromatic nitrogens is 3. The van der Waals surface area contributed by atoms with Crippen molar-refractivity contribution in [1.29, 1.82) is 5.26 Å². The van der Waals surface area contributed by atoms with Crippen molar-refractivity contribution in [3.8, 4) is 17.3 Å². The Morgan fingerprint density at radius 3 is 2.70 bits per heavy atom. The zero-order valence-electron chi connectivity index (χ0n) is 15.7. The molecule has 154 valence electrons. The van der Waals surface area contributed by atoms with Crippen LogP contribution in [0.2, 0.25) is 0 Å². The Labute approximate surface area is 168 Å². The fraction of sp³-hybridized carbons (Fsp3) is 0.300. The lowest BCUT2D eigenvalue weighted by atomic mass is 10.0. The van der Waals surface area contributed by atoms with Gasteiger partial charge in [0.1, 0.15) is 11.9 Å². The van der Waals surface area contributed by atoms with Gasteiger partial charge in [-0.15, -0.1) is 0 Å². The fourth-order valence-electron chi connectivity index (χ4n) is 3.35. The zero-order chi connectivity index (χ0) is 21.6. The van der Waals surface area contributed by atoms with Gasteiger partial charge in [0.15, 0.2) is 11.3 Å². The monoisotopic (exact) mass is 417 g/mol. The molecule has 1 N–H and O–H groups in total. The lowest BCUT2D eigenvalue weighted by Gasteiger charge is -2.21. The minimum atomic E-state index is -4.55. The van der Waals surface area contributed by atoms with Gasteiger partial charge in [-0.05, 0) is 55.5 Å². The Hall–Kier alpha value is -3.48. The van der Waals surface area contributed by atoms with Gasteiger partial charge in [0.05, 0.1) is 23.5 Å². The summed E-state index contributed by atoms with van der Waals surface area (Å²) < 4.78 is 54.4. The number of carbonyl (C=O) groups is 1. The number of aryl methyl sites for hydroxylation is 1. The van der Waals surface area contributed by atoms with Crippen molar-refractivity contribution in [3.05, 3.63) is 53.1 Å². The number of hydrogen-bond acceptors (Lipinski definition) is 4. The van der Waals surface area contributed by atoms with E-state index in [4.69, 9.17) is 0 Å². The van der Waals surface area contributed by atoms with Gasteiger partial charge in [-0.1, -0.05) is 0 Å². The molecule has 2 aromatic heterocycles. The standard InChI is InChI=1S/C20H15F4N5O/c1-10-6-15(14-5-4-13(21)7-12(14)8-25)28-29-16(9-26-18(10)29)19(30)27-17(11-2-3-11)20(22,23)24/h4-7,9,11,17H,2-3H2,1H3,(H,27,30)/t17-/m0/s1. The van der Waals surface area contributed by atoms with E-state index >= 15 is 0 Å². The van der Waals surface area contributed by atoms with Crippen LogP contribution >= 0.6 is 0 Å². The minimum absolute atomic E-state index is 0.0400. The van der Waals surface area contributed by atoms with Crippen molar-refractivity contribution in [3.63, 3.8) is 0 Å². The van der Waals surface area contributed by atoms with Crippen molar-refractivity contribution in [2.75, 3.05) is 0 Å². The summed E-state index contributed by atoms with van der Waals surface area (Å²) in [5, 5.41) is 15.6. The maximum absolute atomic E-state index is 13.5. The van der Waals surface area contributed by atoms with Crippen LogP contribution in [-0.2, 0) is 0 Å². The number of nitrogens with zero attached hydrogens (tertiary/aromatic N) is 4. The van der Waals surface area contributed by atoms with Crippen molar-refractivity contribution in [1.82, 2.24) is 19.9 Å². The van der Waals surface area contributed by atoms with Crippen LogP contribution in [0, 0.1) is 30.0 Å². The Bertz CT molecular complexity index is 1190. The number of amides is 1. The summed E-state index contributed by atoms with van der Waals surface area (Å²) in [6.45, 7) is 1.69. The van der Waals surface area contributed by atoms with Gasteiger partial charge in [-0.3, -0.25) is 4.79 Å². The molecule has 10 heteroatoms. The average molecular weight is 417 g/mol. The number of rotatable bonds is 4. The molecule has 1 aromatic carbocycles. The zero-order valence-corrected chi connectivity index (χ0v) is 15.7. The molecule has 1 amide bonds. The lowest BCUT2D eigenvalue weighted by molar-refractivity contribution is -0.158. The van der Waals surface area contributed by atoms with Crippen molar-refractivity contribution in [2.24, 2.45) is 5.92 Å². The summed E-state index contributed by atoms with van der Waals surface area (Å²) in [4.78, 5) is 16.7. The number of halogens is 4. The van der Waals surface area contributed by atoms with Crippen LogP contribution in [0.25, 0.3) is 16.9 Å². The summed E-state index contributed by atoms with van der Waals surface area (Å²) in [7, 11) is 0. The first-order valence-corrected chi connectivity index (χ1v) is 9.12. The Morgan fingerprint density at radius 1 is 1.33 bits per heavy atom.